The highest BCUT2D eigenvalue weighted by atomic mass is 16.5. The topological polar surface area (TPSA) is 96.3 Å². The van der Waals surface area contributed by atoms with Crippen LogP contribution >= 0.6 is 0 Å². The molecule has 0 radical (unpaired) electrons. The molecule has 0 saturated carbocycles. The van der Waals surface area contributed by atoms with Gasteiger partial charge in [-0.25, -0.2) is 4.98 Å². The maximum absolute atomic E-state index is 6.32. The Morgan fingerprint density at radius 2 is 1.88 bits per heavy atom. The second kappa shape index (κ2) is 6.23. The van der Waals surface area contributed by atoms with E-state index in [1.165, 1.54) is 0 Å². The smallest absolute Gasteiger partial charge is 0.129 e. The number of aromatic nitrogens is 2. The predicted molar refractivity (Wildman–Crippen MR) is 95.5 cm³/mol. The molecular formula is C18H20N4O2. The fraction of sp³-hybridized carbons (Fsp3) is 0.222. The van der Waals surface area contributed by atoms with Crippen LogP contribution < -0.4 is 20.9 Å². The molecule has 0 amide bonds. The van der Waals surface area contributed by atoms with Crippen LogP contribution in [0.15, 0.2) is 30.5 Å². The Morgan fingerprint density at radius 1 is 1.08 bits per heavy atom. The molecule has 0 aliphatic rings. The van der Waals surface area contributed by atoms with Gasteiger partial charge in [-0.2, -0.15) is 0 Å². The van der Waals surface area contributed by atoms with Crippen LogP contribution in [0.2, 0.25) is 0 Å². The van der Waals surface area contributed by atoms with Gasteiger partial charge in [0.2, 0.25) is 0 Å². The number of fused-ring (bicyclic) bond motifs is 1. The quantitative estimate of drug-likeness (QED) is 0.766. The van der Waals surface area contributed by atoms with E-state index in [0.29, 0.717) is 34.7 Å². The Bertz CT molecular complexity index is 909. The van der Waals surface area contributed by atoms with Crippen LogP contribution in [0.25, 0.3) is 11.0 Å². The van der Waals surface area contributed by atoms with Gasteiger partial charge >= 0.3 is 0 Å². The minimum absolute atomic E-state index is 0.408. The number of ether oxygens (including phenoxy) is 2. The molecule has 2 heterocycles. The molecule has 0 unspecified atom stereocenters. The summed E-state index contributed by atoms with van der Waals surface area (Å²) < 4.78 is 10.7. The summed E-state index contributed by atoms with van der Waals surface area (Å²) in [5, 5.41) is 0. The maximum atomic E-state index is 6.32. The van der Waals surface area contributed by atoms with Crippen LogP contribution in [0.4, 0.5) is 11.5 Å². The van der Waals surface area contributed by atoms with Crippen molar-refractivity contribution < 1.29 is 9.47 Å². The zero-order valence-corrected chi connectivity index (χ0v) is 14.0. The molecule has 24 heavy (non-hydrogen) atoms. The molecule has 0 aliphatic heterocycles. The predicted octanol–water partition coefficient (Wildman–Crippen LogP) is 2.71. The Kier molecular flexibility index (Phi) is 4.12. The van der Waals surface area contributed by atoms with E-state index >= 15 is 0 Å². The largest absolute Gasteiger partial charge is 0.497 e. The van der Waals surface area contributed by atoms with Crippen molar-refractivity contribution >= 4 is 22.5 Å². The van der Waals surface area contributed by atoms with Gasteiger partial charge in [-0.15, -0.1) is 0 Å². The van der Waals surface area contributed by atoms with Crippen molar-refractivity contribution in [1.29, 1.82) is 0 Å². The van der Waals surface area contributed by atoms with E-state index in [4.69, 9.17) is 20.9 Å². The van der Waals surface area contributed by atoms with Gasteiger partial charge < -0.3 is 20.9 Å². The molecule has 0 spiro atoms. The number of nitrogens with two attached hydrogens (primary N) is 2. The second-order valence-electron chi connectivity index (χ2n) is 5.62. The van der Waals surface area contributed by atoms with Crippen molar-refractivity contribution in [2.45, 2.75) is 13.3 Å². The summed E-state index contributed by atoms with van der Waals surface area (Å²) in [6.07, 6.45) is 2.28. The van der Waals surface area contributed by atoms with Crippen LogP contribution in [0, 0.1) is 6.92 Å². The summed E-state index contributed by atoms with van der Waals surface area (Å²) in [6.45, 7) is 1.95. The minimum atomic E-state index is 0.408. The molecular weight excluding hydrogens is 304 g/mol. The first-order chi connectivity index (χ1) is 11.5. The number of methoxy groups -OCH3 is 2. The fourth-order valence-corrected chi connectivity index (χ4v) is 2.70. The molecule has 0 saturated heterocycles. The van der Waals surface area contributed by atoms with Crippen molar-refractivity contribution in [3.63, 3.8) is 0 Å². The van der Waals surface area contributed by atoms with Gasteiger partial charge in [-0.1, -0.05) is 6.07 Å². The fourth-order valence-electron chi connectivity index (χ4n) is 2.70. The van der Waals surface area contributed by atoms with Crippen LogP contribution in [0.1, 0.15) is 16.7 Å². The SMILES string of the molecule is COc1ccc(Cc2c(N)nc3cc(C)cnc3c2N)c(OC)c1. The molecule has 0 atom stereocenters. The monoisotopic (exact) mass is 324 g/mol. The highest BCUT2D eigenvalue weighted by Gasteiger charge is 2.15. The third-order valence-corrected chi connectivity index (χ3v) is 4.00. The first-order valence-electron chi connectivity index (χ1n) is 7.54. The standard InChI is InChI=1S/C18H20N4O2/c1-10-6-14-17(21-9-10)16(19)13(18(20)22-14)7-11-4-5-12(23-2)8-15(11)24-3/h4-6,8-9H,7H2,1-3H3,(H4,19,20,22). The number of rotatable bonds is 4. The zero-order valence-electron chi connectivity index (χ0n) is 14.0. The number of nitrogens with zero attached hydrogens (tertiary/aromatic N) is 2. The van der Waals surface area contributed by atoms with E-state index in [1.54, 1.807) is 20.4 Å². The molecule has 6 nitrogen and oxygen atoms in total. The molecule has 0 fully saturated rings. The van der Waals surface area contributed by atoms with Crippen molar-refractivity contribution in [1.82, 2.24) is 9.97 Å². The first-order valence-corrected chi connectivity index (χ1v) is 7.54. The highest BCUT2D eigenvalue weighted by Crippen LogP contribution is 2.32. The van der Waals surface area contributed by atoms with E-state index in [2.05, 4.69) is 9.97 Å². The summed E-state index contributed by atoms with van der Waals surface area (Å²) in [4.78, 5) is 8.85. The zero-order chi connectivity index (χ0) is 17.3. The second-order valence-corrected chi connectivity index (χ2v) is 5.62. The van der Waals surface area contributed by atoms with Gasteiger partial charge in [0, 0.05) is 24.2 Å². The maximum Gasteiger partial charge on any atom is 0.129 e. The van der Waals surface area contributed by atoms with Crippen LogP contribution in [0.3, 0.4) is 0 Å². The van der Waals surface area contributed by atoms with Crippen molar-refractivity contribution in [2.75, 3.05) is 25.7 Å². The third kappa shape index (κ3) is 2.78. The first kappa shape index (κ1) is 15.9. The van der Waals surface area contributed by atoms with E-state index in [-0.39, 0.29) is 0 Å². The molecule has 4 N–H and O–H groups in total. The van der Waals surface area contributed by atoms with Crippen LogP contribution in [-0.2, 0) is 6.42 Å². The number of hydrogen-bond donors (Lipinski definition) is 2. The third-order valence-electron chi connectivity index (χ3n) is 4.00. The summed E-state index contributed by atoms with van der Waals surface area (Å²) >= 11 is 0. The number of aryl methyl sites for hydroxylation is 1. The molecule has 0 bridgehead atoms. The van der Waals surface area contributed by atoms with Crippen LogP contribution in [0.5, 0.6) is 11.5 Å². The molecule has 2 aromatic heterocycles. The summed E-state index contributed by atoms with van der Waals surface area (Å²) in [6, 6.07) is 7.56. The number of pyridine rings is 2. The normalized spacial score (nSPS) is 10.8. The molecule has 1 aromatic carbocycles. The van der Waals surface area contributed by atoms with Gasteiger partial charge in [0.15, 0.2) is 0 Å². The lowest BCUT2D eigenvalue weighted by Crippen LogP contribution is -2.06. The number of anilines is 2. The molecule has 3 rings (SSSR count). The van der Waals surface area contributed by atoms with E-state index in [9.17, 15) is 0 Å². The molecule has 124 valence electrons. The van der Waals surface area contributed by atoms with E-state index in [0.717, 1.165) is 22.4 Å². The Hall–Kier alpha value is -3.02. The lowest BCUT2D eigenvalue weighted by molar-refractivity contribution is 0.391. The van der Waals surface area contributed by atoms with Crippen molar-refractivity contribution in [3.8, 4) is 11.5 Å². The van der Waals surface area contributed by atoms with Gasteiger partial charge in [-0.3, -0.25) is 4.98 Å². The van der Waals surface area contributed by atoms with E-state index < -0.39 is 0 Å². The number of hydrogen-bond acceptors (Lipinski definition) is 6. The lowest BCUT2D eigenvalue weighted by atomic mass is 10.0. The lowest BCUT2D eigenvalue weighted by Gasteiger charge is -2.14. The number of nitrogen functional groups attached to an aromatic ring is 2. The molecule has 6 heteroatoms. The highest BCUT2D eigenvalue weighted by molar-refractivity contribution is 5.91. The van der Waals surface area contributed by atoms with Gasteiger partial charge in [-0.05, 0) is 30.2 Å². The Morgan fingerprint density at radius 3 is 2.58 bits per heavy atom. The summed E-state index contributed by atoms with van der Waals surface area (Å²) in [5.74, 6) is 1.85. The average Bonchev–Trinajstić information content (AvgIpc) is 2.58. The Labute approximate surface area is 140 Å². The van der Waals surface area contributed by atoms with Gasteiger partial charge in [0.25, 0.3) is 0 Å². The minimum Gasteiger partial charge on any atom is -0.497 e. The number of benzene rings is 1. The van der Waals surface area contributed by atoms with Crippen molar-refractivity contribution in [2.24, 2.45) is 0 Å². The van der Waals surface area contributed by atoms with Gasteiger partial charge in [0.05, 0.1) is 25.4 Å². The average molecular weight is 324 g/mol. The molecule has 3 aromatic rings. The van der Waals surface area contributed by atoms with Crippen molar-refractivity contribution in [3.05, 3.63) is 47.2 Å². The van der Waals surface area contributed by atoms with E-state index in [1.807, 2.05) is 31.2 Å². The summed E-state index contributed by atoms with van der Waals surface area (Å²) in [5.41, 5.74) is 17.1. The summed E-state index contributed by atoms with van der Waals surface area (Å²) in [7, 11) is 3.24. The molecule has 0 aliphatic carbocycles. The Balaban J connectivity index is 2.09. The van der Waals surface area contributed by atoms with Crippen LogP contribution in [-0.4, -0.2) is 24.2 Å². The van der Waals surface area contributed by atoms with Gasteiger partial charge in [0.1, 0.15) is 22.8 Å².